The molecule has 1 N–H and O–H groups in total. The van der Waals surface area contributed by atoms with E-state index >= 15 is 0 Å². The predicted molar refractivity (Wildman–Crippen MR) is 76.8 cm³/mol. The summed E-state index contributed by atoms with van der Waals surface area (Å²) in [6.07, 6.45) is 0.0108. The summed E-state index contributed by atoms with van der Waals surface area (Å²) in [6.45, 7) is 4.96. The highest BCUT2D eigenvalue weighted by Gasteiger charge is 2.21. The molecule has 0 unspecified atom stereocenters. The summed E-state index contributed by atoms with van der Waals surface area (Å²) >= 11 is 0. The summed E-state index contributed by atoms with van der Waals surface area (Å²) in [6, 6.07) is 8.36. The van der Waals surface area contributed by atoms with Gasteiger partial charge in [-0.3, -0.25) is 9.59 Å². The van der Waals surface area contributed by atoms with E-state index in [0.717, 1.165) is 13.1 Å². The number of amides is 1. The van der Waals surface area contributed by atoms with Crippen LogP contribution in [0.15, 0.2) is 24.3 Å². The van der Waals surface area contributed by atoms with Gasteiger partial charge in [0.25, 0.3) is 0 Å². The van der Waals surface area contributed by atoms with Crippen LogP contribution in [-0.2, 0) is 9.59 Å². The van der Waals surface area contributed by atoms with Crippen LogP contribution >= 0.6 is 0 Å². The van der Waals surface area contributed by atoms with Gasteiger partial charge in [-0.05, 0) is 19.1 Å². The Morgan fingerprint density at radius 1 is 1.05 bits per heavy atom. The molecule has 0 aromatic heterocycles. The van der Waals surface area contributed by atoms with E-state index in [9.17, 15) is 9.59 Å². The normalized spacial score (nSPS) is 15.2. The van der Waals surface area contributed by atoms with Gasteiger partial charge in [-0.2, -0.15) is 0 Å². The Balaban J connectivity index is 1.84. The van der Waals surface area contributed by atoms with Gasteiger partial charge in [-0.15, -0.1) is 0 Å². The van der Waals surface area contributed by atoms with Gasteiger partial charge < -0.3 is 14.9 Å². The number of aryl methyl sites for hydroxylation is 1. The van der Waals surface area contributed by atoms with Crippen molar-refractivity contribution in [2.24, 2.45) is 0 Å². The lowest BCUT2D eigenvalue weighted by Gasteiger charge is -2.36. The fraction of sp³-hybridized carbons (Fsp3) is 0.467. The zero-order valence-electron chi connectivity index (χ0n) is 11.7. The lowest BCUT2D eigenvalue weighted by Crippen LogP contribution is -2.48. The highest BCUT2D eigenvalue weighted by atomic mass is 16.4. The highest BCUT2D eigenvalue weighted by Crippen LogP contribution is 2.17. The van der Waals surface area contributed by atoms with Crippen molar-refractivity contribution in [3.63, 3.8) is 0 Å². The van der Waals surface area contributed by atoms with Crippen molar-refractivity contribution in [1.82, 2.24) is 4.90 Å². The molecular formula is C15H20N2O3. The third kappa shape index (κ3) is 3.73. The lowest BCUT2D eigenvalue weighted by atomic mass is 10.2. The third-order valence-electron chi connectivity index (χ3n) is 3.58. The third-order valence-corrected chi connectivity index (χ3v) is 3.58. The number of carbonyl (C=O) groups is 2. The standard InChI is InChI=1S/C15H20N2O3/c1-12-2-4-13(5-3-12)16-8-10-17(11-9-16)14(18)6-7-15(19)20/h2-5H,6-11H2,1H3,(H,19,20). The summed E-state index contributed by atoms with van der Waals surface area (Å²) in [5, 5.41) is 8.59. The largest absolute Gasteiger partial charge is 0.481 e. The number of carbonyl (C=O) groups excluding carboxylic acids is 1. The first kappa shape index (κ1) is 14.4. The van der Waals surface area contributed by atoms with Gasteiger partial charge >= 0.3 is 5.97 Å². The van der Waals surface area contributed by atoms with Crippen LogP contribution in [0.1, 0.15) is 18.4 Å². The molecule has 1 amide bonds. The Kier molecular flexibility index (Phi) is 4.61. The summed E-state index contributed by atoms with van der Waals surface area (Å²) in [5.74, 6) is -0.979. The van der Waals surface area contributed by atoms with Gasteiger partial charge in [0.1, 0.15) is 0 Å². The van der Waals surface area contributed by atoms with Gasteiger partial charge in [0.05, 0.1) is 6.42 Å². The van der Waals surface area contributed by atoms with Crippen LogP contribution < -0.4 is 4.90 Å². The van der Waals surface area contributed by atoms with Gasteiger partial charge in [-0.1, -0.05) is 17.7 Å². The Bertz CT molecular complexity index is 476. The summed E-state index contributed by atoms with van der Waals surface area (Å²) in [7, 11) is 0. The molecular weight excluding hydrogens is 256 g/mol. The van der Waals surface area contributed by atoms with Crippen molar-refractivity contribution in [3.05, 3.63) is 29.8 Å². The molecule has 0 radical (unpaired) electrons. The Hall–Kier alpha value is -2.04. The van der Waals surface area contributed by atoms with Crippen LogP contribution in [0, 0.1) is 6.92 Å². The first-order chi connectivity index (χ1) is 9.56. The van der Waals surface area contributed by atoms with Crippen molar-refractivity contribution >= 4 is 17.6 Å². The lowest BCUT2D eigenvalue weighted by molar-refractivity contribution is -0.141. The maximum atomic E-state index is 11.8. The van der Waals surface area contributed by atoms with E-state index in [1.54, 1.807) is 4.90 Å². The second kappa shape index (κ2) is 6.41. The number of benzene rings is 1. The first-order valence-electron chi connectivity index (χ1n) is 6.87. The monoisotopic (exact) mass is 276 g/mol. The van der Waals surface area contributed by atoms with E-state index in [2.05, 4.69) is 36.1 Å². The number of piperazine rings is 1. The second-order valence-corrected chi connectivity index (χ2v) is 5.10. The topological polar surface area (TPSA) is 60.9 Å². The minimum atomic E-state index is -0.920. The highest BCUT2D eigenvalue weighted by molar-refractivity contribution is 5.81. The molecule has 0 spiro atoms. The van der Waals surface area contributed by atoms with Gasteiger partial charge in [0.15, 0.2) is 0 Å². The molecule has 1 fully saturated rings. The minimum absolute atomic E-state index is 0.0593. The smallest absolute Gasteiger partial charge is 0.303 e. The maximum absolute atomic E-state index is 11.8. The average molecular weight is 276 g/mol. The molecule has 2 rings (SSSR count). The number of nitrogens with zero attached hydrogens (tertiary/aromatic N) is 2. The Morgan fingerprint density at radius 3 is 2.20 bits per heavy atom. The molecule has 1 heterocycles. The molecule has 1 aliphatic heterocycles. The van der Waals surface area contributed by atoms with Gasteiger partial charge in [0.2, 0.25) is 5.91 Å². The fourth-order valence-electron chi connectivity index (χ4n) is 2.34. The van der Waals surface area contributed by atoms with Crippen molar-refractivity contribution in [3.8, 4) is 0 Å². The van der Waals surface area contributed by atoms with E-state index in [0.29, 0.717) is 13.1 Å². The molecule has 5 heteroatoms. The summed E-state index contributed by atoms with van der Waals surface area (Å²) < 4.78 is 0. The van der Waals surface area contributed by atoms with Gasteiger partial charge in [-0.25, -0.2) is 0 Å². The molecule has 5 nitrogen and oxygen atoms in total. The van der Waals surface area contributed by atoms with Gasteiger partial charge in [0, 0.05) is 38.3 Å². The van der Waals surface area contributed by atoms with Crippen molar-refractivity contribution in [2.75, 3.05) is 31.1 Å². The Morgan fingerprint density at radius 2 is 1.65 bits per heavy atom. The molecule has 1 saturated heterocycles. The van der Waals surface area contributed by atoms with E-state index in [1.165, 1.54) is 11.3 Å². The number of hydrogen-bond donors (Lipinski definition) is 1. The van der Waals surface area contributed by atoms with E-state index in [1.807, 2.05) is 0 Å². The Labute approximate surface area is 118 Å². The molecule has 0 saturated carbocycles. The molecule has 1 aromatic rings. The number of anilines is 1. The quantitative estimate of drug-likeness (QED) is 0.905. The predicted octanol–water partition coefficient (Wildman–Crippen LogP) is 1.51. The molecule has 20 heavy (non-hydrogen) atoms. The maximum Gasteiger partial charge on any atom is 0.303 e. The SMILES string of the molecule is Cc1ccc(N2CCN(C(=O)CCC(=O)O)CC2)cc1. The molecule has 0 aliphatic carbocycles. The van der Waals surface area contributed by atoms with Crippen LogP contribution in [0.5, 0.6) is 0 Å². The number of aliphatic carboxylic acids is 1. The zero-order chi connectivity index (χ0) is 14.5. The molecule has 0 atom stereocenters. The number of carboxylic acid groups (broad SMARTS) is 1. The van der Waals surface area contributed by atoms with Crippen LogP contribution in [-0.4, -0.2) is 48.1 Å². The zero-order valence-corrected chi connectivity index (χ0v) is 11.7. The van der Waals surface area contributed by atoms with Crippen molar-refractivity contribution in [1.29, 1.82) is 0 Å². The summed E-state index contributed by atoms with van der Waals surface area (Å²) in [4.78, 5) is 26.3. The second-order valence-electron chi connectivity index (χ2n) is 5.10. The summed E-state index contributed by atoms with van der Waals surface area (Å²) in [5.41, 5.74) is 2.41. The first-order valence-corrected chi connectivity index (χ1v) is 6.87. The number of hydrogen-bond acceptors (Lipinski definition) is 3. The fourth-order valence-corrected chi connectivity index (χ4v) is 2.34. The van der Waals surface area contributed by atoms with Crippen molar-refractivity contribution < 1.29 is 14.7 Å². The van der Waals surface area contributed by atoms with Crippen LogP contribution in [0.4, 0.5) is 5.69 Å². The number of carboxylic acids is 1. The molecule has 1 aromatic carbocycles. The van der Waals surface area contributed by atoms with E-state index in [-0.39, 0.29) is 18.7 Å². The molecule has 1 aliphatic rings. The minimum Gasteiger partial charge on any atom is -0.481 e. The van der Waals surface area contributed by atoms with Crippen LogP contribution in [0.3, 0.4) is 0 Å². The van der Waals surface area contributed by atoms with Crippen LogP contribution in [0.2, 0.25) is 0 Å². The van der Waals surface area contributed by atoms with E-state index < -0.39 is 5.97 Å². The van der Waals surface area contributed by atoms with E-state index in [4.69, 9.17) is 5.11 Å². The van der Waals surface area contributed by atoms with Crippen molar-refractivity contribution in [2.45, 2.75) is 19.8 Å². The average Bonchev–Trinajstić information content (AvgIpc) is 2.46. The molecule has 0 bridgehead atoms. The molecule has 108 valence electrons. The van der Waals surface area contributed by atoms with Crippen LogP contribution in [0.25, 0.3) is 0 Å². The number of rotatable bonds is 4.